The molecule has 0 heterocycles. The van der Waals surface area contributed by atoms with Crippen LogP contribution < -0.4 is 9.78 Å². The number of para-hydroxylation sites is 2. The molecule has 3 aromatic carbocycles. The molecule has 0 fully saturated rings. The average Bonchev–Trinajstić information content (AvgIpc) is 2.72. The smallest absolute Gasteiger partial charge is 0.196 e. The van der Waals surface area contributed by atoms with Gasteiger partial charge in [0.05, 0.1) is 5.56 Å². The molecule has 0 N–H and O–H groups in total. The van der Waals surface area contributed by atoms with E-state index in [9.17, 15) is 4.79 Å². The highest BCUT2D eigenvalue weighted by molar-refractivity contribution is 6.10. The maximum atomic E-state index is 12.9. The lowest BCUT2D eigenvalue weighted by atomic mass is 9.99. The van der Waals surface area contributed by atoms with E-state index in [1.807, 2.05) is 61.5 Å². The van der Waals surface area contributed by atoms with Crippen LogP contribution in [0.3, 0.4) is 0 Å². The van der Waals surface area contributed by atoms with Gasteiger partial charge in [-0.2, -0.15) is 0 Å². The van der Waals surface area contributed by atoms with E-state index in [-0.39, 0.29) is 5.78 Å². The van der Waals surface area contributed by atoms with Gasteiger partial charge in [0.2, 0.25) is 0 Å². The van der Waals surface area contributed by atoms with E-state index < -0.39 is 0 Å². The molecule has 0 bridgehead atoms. The minimum atomic E-state index is -0.0803. The number of benzene rings is 3. The number of ketones is 1. The summed E-state index contributed by atoms with van der Waals surface area (Å²) in [5.41, 5.74) is 3.11. The predicted octanol–water partition coefficient (Wildman–Crippen LogP) is 5.42. The van der Waals surface area contributed by atoms with Gasteiger partial charge in [0, 0.05) is 5.56 Å². The van der Waals surface area contributed by atoms with Crippen molar-refractivity contribution >= 4 is 5.78 Å². The molecule has 3 rings (SSSR count). The lowest BCUT2D eigenvalue weighted by molar-refractivity contribution is -0.102. The van der Waals surface area contributed by atoms with E-state index in [4.69, 9.17) is 9.78 Å². The minimum absolute atomic E-state index is 0.0803. The second-order valence-electron chi connectivity index (χ2n) is 5.97. The Morgan fingerprint density at radius 3 is 2.12 bits per heavy atom. The fraction of sp³-hybridized carbons (Fsp3) is 0.174. The van der Waals surface area contributed by atoms with Gasteiger partial charge in [0.15, 0.2) is 17.3 Å². The molecular weight excluding hydrogens is 324 g/mol. The molecular formula is C23H22O3. The van der Waals surface area contributed by atoms with E-state index in [0.717, 1.165) is 24.0 Å². The molecule has 0 unspecified atom stereocenters. The van der Waals surface area contributed by atoms with Crippen molar-refractivity contribution in [2.24, 2.45) is 0 Å². The van der Waals surface area contributed by atoms with E-state index in [1.165, 1.54) is 0 Å². The van der Waals surface area contributed by atoms with Gasteiger partial charge >= 0.3 is 0 Å². The number of aryl methyl sites for hydroxylation is 2. The van der Waals surface area contributed by atoms with Gasteiger partial charge in [0.1, 0.15) is 0 Å². The Labute approximate surface area is 154 Å². The summed E-state index contributed by atoms with van der Waals surface area (Å²) in [5.74, 6) is 1.07. The molecule has 0 aliphatic rings. The second-order valence-corrected chi connectivity index (χ2v) is 5.97. The van der Waals surface area contributed by atoms with E-state index in [2.05, 4.69) is 6.92 Å². The van der Waals surface area contributed by atoms with Crippen LogP contribution in [-0.2, 0) is 12.8 Å². The molecule has 3 heteroatoms. The van der Waals surface area contributed by atoms with Crippen LogP contribution in [0.15, 0.2) is 72.8 Å². The maximum absolute atomic E-state index is 12.9. The molecule has 0 atom stereocenters. The van der Waals surface area contributed by atoms with Crippen LogP contribution in [-0.4, -0.2) is 5.78 Å². The first-order valence-electron chi connectivity index (χ1n) is 8.88. The Kier molecular flexibility index (Phi) is 5.69. The summed E-state index contributed by atoms with van der Waals surface area (Å²) in [6, 6.07) is 22.5. The van der Waals surface area contributed by atoms with Crippen molar-refractivity contribution in [3.8, 4) is 11.5 Å². The molecule has 0 spiro atoms. The van der Waals surface area contributed by atoms with Gasteiger partial charge in [-0.1, -0.05) is 74.5 Å². The molecule has 0 aromatic heterocycles. The zero-order chi connectivity index (χ0) is 18.4. The summed E-state index contributed by atoms with van der Waals surface area (Å²) < 4.78 is 0. The molecule has 0 aliphatic heterocycles. The van der Waals surface area contributed by atoms with Crippen molar-refractivity contribution in [1.82, 2.24) is 0 Å². The quantitative estimate of drug-likeness (QED) is 0.326. The molecule has 0 aliphatic carbocycles. The van der Waals surface area contributed by atoms with Gasteiger partial charge in [-0.15, -0.1) is 0 Å². The van der Waals surface area contributed by atoms with Crippen LogP contribution in [0.2, 0.25) is 0 Å². The van der Waals surface area contributed by atoms with Gasteiger partial charge < -0.3 is 0 Å². The second kappa shape index (κ2) is 8.34. The van der Waals surface area contributed by atoms with Crippen LogP contribution in [0.25, 0.3) is 0 Å². The fourth-order valence-electron chi connectivity index (χ4n) is 2.85. The Balaban J connectivity index is 1.94. The molecule has 0 radical (unpaired) electrons. The van der Waals surface area contributed by atoms with E-state index in [0.29, 0.717) is 22.6 Å². The Morgan fingerprint density at radius 1 is 0.731 bits per heavy atom. The highest BCUT2D eigenvalue weighted by atomic mass is 17.2. The zero-order valence-electron chi connectivity index (χ0n) is 15.1. The molecule has 3 aromatic rings. The number of rotatable bonds is 7. The predicted molar refractivity (Wildman–Crippen MR) is 103 cm³/mol. The first kappa shape index (κ1) is 17.7. The van der Waals surface area contributed by atoms with Gasteiger partial charge in [-0.05, 0) is 36.1 Å². The maximum Gasteiger partial charge on any atom is 0.196 e. The van der Waals surface area contributed by atoms with Crippen LogP contribution >= 0.6 is 0 Å². The number of hydrogen-bond donors (Lipinski definition) is 0. The molecule has 0 saturated heterocycles. The molecule has 0 amide bonds. The highest BCUT2D eigenvalue weighted by Gasteiger charge is 2.19. The van der Waals surface area contributed by atoms with Crippen molar-refractivity contribution in [3.05, 3.63) is 95.1 Å². The summed E-state index contributed by atoms with van der Waals surface area (Å²) in [6.45, 7) is 4.09. The van der Waals surface area contributed by atoms with Gasteiger partial charge in [-0.25, -0.2) is 0 Å². The highest BCUT2D eigenvalue weighted by Crippen LogP contribution is 2.29. The van der Waals surface area contributed by atoms with Crippen molar-refractivity contribution in [1.29, 1.82) is 0 Å². The average molecular weight is 346 g/mol. The lowest BCUT2D eigenvalue weighted by Crippen LogP contribution is -2.10. The number of carbonyl (C=O) groups excluding carboxylic acids is 1. The molecule has 3 nitrogen and oxygen atoms in total. The first-order valence-corrected chi connectivity index (χ1v) is 8.88. The largest absolute Gasteiger partial charge is 0.290 e. The van der Waals surface area contributed by atoms with Crippen molar-refractivity contribution in [2.45, 2.75) is 26.7 Å². The Hall–Kier alpha value is -3.07. The summed E-state index contributed by atoms with van der Waals surface area (Å²) >= 11 is 0. The third-order valence-electron chi connectivity index (χ3n) is 4.33. The molecule has 132 valence electrons. The molecule has 0 saturated carbocycles. The first-order chi connectivity index (χ1) is 12.7. The van der Waals surface area contributed by atoms with Gasteiger partial charge in [-0.3, -0.25) is 14.6 Å². The third kappa shape index (κ3) is 3.77. The van der Waals surface area contributed by atoms with E-state index in [1.54, 1.807) is 18.2 Å². The van der Waals surface area contributed by atoms with Crippen molar-refractivity contribution in [2.75, 3.05) is 0 Å². The SMILES string of the molecule is CCc1ccccc1OOc1c(CC)cccc1C(=O)c1ccccc1. The van der Waals surface area contributed by atoms with Crippen LogP contribution in [0.5, 0.6) is 11.5 Å². The zero-order valence-corrected chi connectivity index (χ0v) is 15.1. The summed E-state index contributed by atoms with van der Waals surface area (Å²) in [6.07, 6.45) is 1.58. The van der Waals surface area contributed by atoms with Crippen LogP contribution in [0.4, 0.5) is 0 Å². The monoisotopic (exact) mass is 346 g/mol. The Bertz CT molecular complexity index is 885. The number of carbonyl (C=O) groups is 1. The van der Waals surface area contributed by atoms with Crippen LogP contribution in [0.1, 0.15) is 40.9 Å². The number of hydrogen-bond acceptors (Lipinski definition) is 3. The normalized spacial score (nSPS) is 10.4. The summed E-state index contributed by atoms with van der Waals surface area (Å²) in [7, 11) is 0. The van der Waals surface area contributed by atoms with Gasteiger partial charge in [0.25, 0.3) is 0 Å². The lowest BCUT2D eigenvalue weighted by Gasteiger charge is -2.14. The summed E-state index contributed by atoms with van der Waals surface area (Å²) in [4.78, 5) is 24.3. The summed E-state index contributed by atoms with van der Waals surface area (Å²) in [5, 5.41) is 0. The van der Waals surface area contributed by atoms with Crippen LogP contribution in [0, 0.1) is 0 Å². The Morgan fingerprint density at radius 2 is 1.38 bits per heavy atom. The van der Waals surface area contributed by atoms with Crippen molar-refractivity contribution in [3.63, 3.8) is 0 Å². The minimum Gasteiger partial charge on any atom is -0.290 e. The van der Waals surface area contributed by atoms with Crippen molar-refractivity contribution < 1.29 is 14.6 Å². The topological polar surface area (TPSA) is 35.5 Å². The van der Waals surface area contributed by atoms with E-state index >= 15 is 0 Å². The fourth-order valence-corrected chi connectivity index (χ4v) is 2.85. The standard InChI is InChI=1S/C23H22O3/c1-3-17-11-8-9-16-21(17)25-26-23-18(4-2)14-10-15-20(23)22(24)19-12-6-5-7-13-19/h5-16H,3-4H2,1-2H3. The molecule has 26 heavy (non-hydrogen) atoms. The third-order valence-corrected chi connectivity index (χ3v) is 4.33.